The second-order valence-electron chi connectivity index (χ2n) is 5.76. The number of unbranched alkanes of at least 4 members (excludes halogenated alkanes) is 1. The second kappa shape index (κ2) is 8.41. The van der Waals surface area contributed by atoms with E-state index in [2.05, 4.69) is 18.3 Å². The Morgan fingerprint density at radius 3 is 2.58 bits per heavy atom. The van der Waals surface area contributed by atoms with Crippen molar-refractivity contribution in [3.8, 4) is 6.07 Å². The third-order valence-corrected chi connectivity index (χ3v) is 5.33. The molecule has 1 aromatic rings. The van der Waals surface area contributed by atoms with E-state index in [0.717, 1.165) is 34.9 Å². The molecule has 1 aliphatic heterocycles. The number of halogens is 1. The minimum atomic E-state index is -0.338. The highest BCUT2D eigenvalue weighted by molar-refractivity contribution is 8.03. The first-order valence-electron chi connectivity index (χ1n) is 8.00. The minimum absolute atomic E-state index is 0.0229. The Balaban J connectivity index is 2.51. The van der Waals surface area contributed by atoms with Crippen molar-refractivity contribution >= 4 is 29.1 Å². The molecule has 0 bridgehead atoms. The van der Waals surface area contributed by atoms with Crippen LogP contribution in [0.2, 0.25) is 5.02 Å². The molecular weight excluding hydrogens is 340 g/mol. The molecule has 1 heterocycles. The molecule has 0 saturated heterocycles. The predicted octanol–water partition coefficient (Wildman–Crippen LogP) is 5.16. The molecular formula is C19H21ClN2OS. The van der Waals surface area contributed by atoms with Crippen molar-refractivity contribution in [1.29, 1.82) is 5.26 Å². The Morgan fingerprint density at radius 1 is 1.38 bits per heavy atom. The average molecular weight is 361 g/mol. The van der Waals surface area contributed by atoms with Gasteiger partial charge in [-0.1, -0.05) is 37.1 Å². The predicted molar refractivity (Wildman–Crippen MR) is 101 cm³/mol. The molecule has 0 spiro atoms. The summed E-state index contributed by atoms with van der Waals surface area (Å²) < 4.78 is 0. The van der Waals surface area contributed by atoms with E-state index in [-0.39, 0.29) is 11.7 Å². The summed E-state index contributed by atoms with van der Waals surface area (Å²) in [5.74, 6) is 0.584. The SMILES string of the molecule is CCCCSC1=C(C#N)[C@@H](c2ccc(Cl)cc2)C(C(C)=O)=C(C)N1. The second-order valence-corrected chi connectivity index (χ2v) is 7.30. The Bertz CT molecular complexity index is 729. The van der Waals surface area contributed by atoms with Gasteiger partial charge in [-0.2, -0.15) is 5.26 Å². The lowest BCUT2D eigenvalue weighted by molar-refractivity contribution is -0.113. The highest BCUT2D eigenvalue weighted by atomic mass is 35.5. The third-order valence-electron chi connectivity index (χ3n) is 3.97. The molecule has 3 nitrogen and oxygen atoms in total. The fourth-order valence-electron chi connectivity index (χ4n) is 2.80. The Hall–Kier alpha value is -1.70. The van der Waals surface area contributed by atoms with Crippen LogP contribution in [-0.2, 0) is 4.79 Å². The molecule has 0 aliphatic carbocycles. The lowest BCUT2D eigenvalue weighted by Crippen LogP contribution is -2.27. The number of ketones is 1. The van der Waals surface area contributed by atoms with E-state index in [1.807, 2.05) is 19.1 Å². The van der Waals surface area contributed by atoms with Gasteiger partial charge < -0.3 is 5.32 Å². The summed E-state index contributed by atoms with van der Waals surface area (Å²) in [6.07, 6.45) is 2.19. The number of thioether (sulfide) groups is 1. The van der Waals surface area contributed by atoms with Crippen LogP contribution in [0.15, 0.2) is 46.1 Å². The zero-order chi connectivity index (χ0) is 17.7. The molecule has 1 aromatic carbocycles. The Morgan fingerprint density at radius 2 is 2.04 bits per heavy atom. The number of Topliss-reactive ketones (excluding diaryl/α,β-unsaturated/α-hetero) is 1. The van der Waals surface area contributed by atoms with Gasteiger partial charge in [0.2, 0.25) is 0 Å². The first-order valence-corrected chi connectivity index (χ1v) is 9.37. The van der Waals surface area contributed by atoms with E-state index in [1.165, 1.54) is 0 Å². The molecule has 1 N–H and O–H groups in total. The zero-order valence-corrected chi connectivity index (χ0v) is 15.7. The topological polar surface area (TPSA) is 52.9 Å². The van der Waals surface area contributed by atoms with E-state index in [4.69, 9.17) is 11.6 Å². The maximum Gasteiger partial charge on any atom is 0.158 e. The van der Waals surface area contributed by atoms with Gasteiger partial charge in [0.15, 0.2) is 5.78 Å². The van der Waals surface area contributed by atoms with Crippen LogP contribution in [-0.4, -0.2) is 11.5 Å². The van der Waals surface area contributed by atoms with Gasteiger partial charge in [-0.05, 0) is 43.7 Å². The van der Waals surface area contributed by atoms with E-state index in [1.54, 1.807) is 30.8 Å². The van der Waals surface area contributed by atoms with Crippen molar-refractivity contribution in [2.24, 2.45) is 0 Å². The monoisotopic (exact) mass is 360 g/mol. The van der Waals surface area contributed by atoms with Gasteiger partial charge in [0.05, 0.1) is 22.6 Å². The van der Waals surface area contributed by atoms with Gasteiger partial charge in [0.25, 0.3) is 0 Å². The molecule has 0 fully saturated rings. The maximum atomic E-state index is 12.2. The van der Waals surface area contributed by atoms with Gasteiger partial charge in [0.1, 0.15) is 0 Å². The summed E-state index contributed by atoms with van der Waals surface area (Å²) in [6, 6.07) is 9.70. The number of nitriles is 1. The molecule has 24 heavy (non-hydrogen) atoms. The van der Waals surface area contributed by atoms with E-state index >= 15 is 0 Å². The normalized spacial score (nSPS) is 17.5. The Labute approximate surface area is 152 Å². The smallest absolute Gasteiger partial charge is 0.158 e. The first-order chi connectivity index (χ1) is 11.5. The summed E-state index contributed by atoms with van der Waals surface area (Å²) in [6.45, 7) is 5.59. The van der Waals surface area contributed by atoms with Crippen molar-refractivity contribution < 1.29 is 4.79 Å². The molecule has 2 rings (SSSR count). The largest absolute Gasteiger partial charge is 0.353 e. The summed E-state index contributed by atoms with van der Waals surface area (Å²) in [5.41, 5.74) is 2.99. The minimum Gasteiger partial charge on any atom is -0.353 e. The number of dihydropyridines is 1. The zero-order valence-electron chi connectivity index (χ0n) is 14.1. The number of carbonyl (C=O) groups is 1. The van der Waals surface area contributed by atoms with Crippen molar-refractivity contribution in [1.82, 2.24) is 5.32 Å². The summed E-state index contributed by atoms with van der Waals surface area (Å²) in [4.78, 5) is 12.2. The standard InChI is InChI=1S/C19H21ClN2OS/c1-4-5-10-24-19-16(11-21)18(14-6-8-15(20)9-7-14)17(13(3)23)12(2)22-19/h6-9,18,22H,4-5,10H2,1-3H3/t18-/m1/s1. The number of hydrogen-bond acceptors (Lipinski definition) is 4. The molecule has 5 heteroatoms. The molecule has 0 radical (unpaired) electrons. The van der Waals surface area contributed by atoms with Crippen LogP contribution in [0, 0.1) is 11.3 Å². The number of carbonyl (C=O) groups excluding carboxylic acids is 1. The lowest BCUT2D eigenvalue weighted by Gasteiger charge is -2.29. The lowest BCUT2D eigenvalue weighted by atomic mass is 9.81. The van der Waals surface area contributed by atoms with Crippen molar-refractivity contribution in [2.45, 2.75) is 39.5 Å². The van der Waals surface area contributed by atoms with Gasteiger partial charge >= 0.3 is 0 Å². The molecule has 0 aromatic heterocycles. The number of rotatable bonds is 6. The average Bonchev–Trinajstić information content (AvgIpc) is 2.55. The highest BCUT2D eigenvalue weighted by Gasteiger charge is 2.32. The van der Waals surface area contributed by atoms with Gasteiger partial charge in [0, 0.05) is 16.3 Å². The van der Waals surface area contributed by atoms with E-state index < -0.39 is 0 Å². The van der Waals surface area contributed by atoms with Crippen molar-refractivity contribution in [3.63, 3.8) is 0 Å². The van der Waals surface area contributed by atoms with Crippen LogP contribution in [0.5, 0.6) is 0 Å². The van der Waals surface area contributed by atoms with Gasteiger partial charge in [-0.25, -0.2) is 0 Å². The number of nitrogens with zero attached hydrogens (tertiary/aromatic N) is 1. The van der Waals surface area contributed by atoms with Crippen LogP contribution in [0.25, 0.3) is 0 Å². The number of hydrogen-bond donors (Lipinski definition) is 1. The fourth-order valence-corrected chi connectivity index (χ4v) is 4.11. The van der Waals surface area contributed by atoms with Crippen LogP contribution in [0.4, 0.5) is 0 Å². The summed E-state index contributed by atoms with van der Waals surface area (Å²) in [5, 5.41) is 14.5. The fraction of sp³-hybridized carbons (Fsp3) is 0.368. The molecule has 0 amide bonds. The maximum absolute atomic E-state index is 12.2. The van der Waals surface area contributed by atoms with Gasteiger partial charge in [-0.15, -0.1) is 11.8 Å². The summed E-state index contributed by atoms with van der Waals surface area (Å²) >= 11 is 7.64. The quantitative estimate of drug-likeness (QED) is 0.712. The van der Waals surface area contributed by atoms with Crippen LogP contribution in [0.1, 0.15) is 45.1 Å². The first kappa shape index (κ1) is 18.6. The van der Waals surface area contributed by atoms with E-state index in [9.17, 15) is 10.1 Å². The van der Waals surface area contributed by atoms with Gasteiger partial charge in [-0.3, -0.25) is 4.79 Å². The van der Waals surface area contributed by atoms with Crippen LogP contribution < -0.4 is 5.32 Å². The number of allylic oxidation sites excluding steroid dienone is 3. The molecule has 0 unspecified atom stereocenters. The highest BCUT2D eigenvalue weighted by Crippen LogP contribution is 2.41. The molecule has 1 aliphatic rings. The van der Waals surface area contributed by atoms with Crippen LogP contribution >= 0.6 is 23.4 Å². The molecule has 1 atom stereocenters. The third kappa shape index (κ3) is 4.03. The summed E-state index contributed by atoms with van der Waals surface area (Å²) in [7, 11) is 0. The van der Waals surface area contributed by atoms with E-state index in [0.29, 0.717) is 16.2 Å². The van der Waals surface area contributed by atoms with Crippen LogP contribution in [0.3, 0.4) is 0 Å². The molecule has 0 saturated carbocycles. The van der Waals surface area contributed by atoms with Crippen molar-refractivity contribution in [3.05, 3.63) is 56.7 Å². The number of benzene rings is 1. The van der Waals surface area contributed by atoms with Crippen molar-refractivity contribution in [2.75, 3.05) is 5.75 Å². The number of nitrogens with one attached hydrogen (secondary N) is 1. The molecule has 126 valence electrons. The Kier molecular flexibility index (Phi) is 6.53.